The third-order valence-corrected chi connectivity index (χ3v) is 2.90. The molecule has 2 heteroatoms. The summed E-state index contributed by atoms with van der Waals surface area (Å²) in [7, 11) is 0. The lowest BCUT2D eigenvalue weighted by atomic mass is 9.92. The fourth-order valence-electron chi connectivity index (χ4n) is 2.32. The molecule has 1 N–H and O–H groups in total. The Bertz CT molecular complexity index is 167. The lowest BCUT2D eigenvalue weighted by Gasteiger charge is -2.19. The molecule has 1 aliphatic carbocycles. The van der Waals surface area contributed by atoms with E-state index in [0.29, 0.717) is 23.8 Å². The Labute approximate surface area is 61.0 Å². The first-order valence-electron chi connectivity index (χ1n) is 4.11. The van der Waals surface area contributed by atoms with E-state index in [0.717, 1.165) is 6.42 Å². The van der Waals surface area contributed by atoms with E-state index in [2.05, 4.69) is 12.2 Å². The van der Waals surface area contributed by atoms with Gasteiger partial charge in [0.1, 0.15) is 0 Å². The highest BCUT2D eigenvalue weighted by Gasteiger charge is 2.44. The van der Waals surface area contributed by atoms with Gasteiger partial charge in [0.05, 0.1) is 0 Å². The molecule has 56 valence electrons. The molecule has 3 atom stereocenters. The molecular formula is C8H13NO. The van der Waals surface area contributed by atoms with E-state index < -0.39 is 0 Å². The number of hydrogen-bond donors (Lipinski definition) is 1. The second-order valence-electron chi connectivity index (χ2n) is 3.45. The highest BCUT2D eigenvalue weighted by Crippen LogP contribution is 2.38. The average Bonchev–Trinajstić information content (AvgIpc) is 2.44. The molecular weight excluding hydrogens is 126 g/mol. The van der Waals surface area contributed by atoms with Gasteiger partial charge in [-0.25, -0.2) is 0 Å². The zero-order valence-corrected chi connectivity index (χ0v) is 6.26. The molecule has 10 heavy (non-hydrogen) atoms. The number of rotatable bonds is 1. The van der Waals surface area contributed by atoms with E-state index in [1.807, 2.05) is 0 Å². The van der Waals surface area contributed by atoms with E-state index in [1.54, 1.807) is 0 Å². The second kappa shape index (κ2) is 1.97. The van der Waals surface area contributed by atoms with Crippen molar-refractivity contribution in [1.82, 2.24) is 5.32 Å². The van der Waals surface area contributed by atoms with Gasteiger partial charge in [0.25, 0.3) is 0 Å². The summed E-state index contributed by atoms with van der Waals surface area (Å²) in [5, 5.41) is 2.98. The highest BCUT2D eigenvalue weighted by molar-refractivity contribution is 5.82. The Morgan fingerprint density at radius 1 is 1.60 bits per heavy atom. The van der Waals surface area contributed by atoms with Gasteiger partial charge in [0, 0.05) is 12.0 Å². The number of piperidine rings is 1. The maximum Gasteiger partial charge on any atom is 0.223 e. The van der Waals surface area contributed by atoms with Crippen molar-refractivity contribution in [1.29, 1.82) is 0 Å². The molecule has 2 nitrogen and oxygen atoms in total. The molecule has 1 heterocycles. The molecule has 1 amide bonds. The smallest absolute Gasteiger partial charge is 0.223 e. The number of carbonyl (C=O) groups is 1. The summed E-state index contributed by atoms with van der Waals surface area (Å²) in [5.41, 5.74) is 0. The van der Waals surface area contributed by atoms with Crippen molar-refractivity contribution >= 4 is 5.91 Å². The molecule has 1 aliphatic heterocycles. The minimum atomic E-state index is 0.308. The zero-order chi connectivity index (χ0) is 7.14. The van der Waals surface area contributed by atoms with Crippen molar-refractivity contribution in [2.75, 3.05) is 0 Å². The van der Waals surface area contributed by atoms with Gasteiger partial charge in [-0.3, -0.25) is 4.79 Å². The van der Waals surface area contributed by atoms with Gasteiger partial charge < -0.3 is 5.32 Å². The van der Waals surface area contributed by atoms with Crippen molar-refractivity contribution < 1.29 is 4.79 Å². The minimum absolute atomic E-state index is 0.308. The van der Waals surface area contributed by atoms with Gasteiger partial charge in [-0.2, -0.15) is 0 Å². The lowest BCUT2D eigenvalue weighted by Crippen LogP contribution is -2.34. The number of amides is 1. The Hall–Kier alpha value is -0.530. The summed E-state index contributed by atoms with van der Waals surface area (Å²) in [6.45, 7) is 2.18. The molecule has 1 saturated heterocycles. The quantitative estimate of drug-likeness (QED) is 0.575. The van der Waals surface area contributed by atoms with Gasteiger partial charge in [0.15, 0.2) is 0 Å². The van der Waals surface area contributed by atoms with Crippen LogP contribution in [0.15, 0.2) is 0 Å². The molecule has 3 unspecified atom stereocenters. The Morgan fingerprint density at radius 2 is 2.40 bits per heavy atom. The van der Waals surface area contributed by atoms with Gasteiger partial charge >= 0.3 is 0 Å². The molecule has 2 bridgehead atoms. The Morgan fingerprint density at radius 3 is 2.80 bits per heavy atom. The summed E-state index contributed by atoms with van der Waals surface area (Å²) in [6, 6.07) is 0.530. The summed E-state index contributed by atoms with van der Waals surface area (Å²) in [5.74, 6) is 1.37. The summed E-state index contributed by atoms with van der Waals surface area (Å²) in [4.78, 5) is 11.1. The first-order chi connectivity index (χ1) is 4.81. The lowest BCUT2D eigenvalue weighted by molar-refractivity contribution is -0.125. The first kappa shape index (κ1) is 6.20. The van der Waals surface area contributed by atoms with Crippen LogP contribution < -0.4 is 5.32 Å². The predicted molar refractivity (Wildman–Crippen MR) is 38.4 cm³/mol. The minimum Gasteiger partial charge on any atom is -0.353 e. The highest BCUT2D eigenvalue weighted by atomic mass is 16.2. The molecule has 0 radical (unpaired) electrons. The van der Waals surface area contributed by atoms with E-state index in [4.69, 9.17) is 0 Å². The normalized spacial score (nSPS) is 44.1. The maximum absolute atomic E-state index is 11.1. The Kier molecular flexibility index (Phi) is 1.22. The second-order valence-corrected chi connectivity index (χ2v) is 3.45. The molecule has 0 spiro atoms. The number of carbonyl (C=O) groups excluding carboxylic acids is 1. The van der Waals surface area contributed by atoms with Crippen LogP contribution >= 0.6 is 0 Å². The van der Waals surface area contributed by atoms with E-state index in [-0.39, 0.29) is 0 Å². The molecule has 2 fully saturated rings. The molecule has 2 aliphatic rings. The largest absolute Gasteiger partial charge is 0.353 e. The van der Waals surface area contributed by atoms with Crippen LogP contribution in [0.2, 0.25) is 0 Å². The first-order valence-corrected chi connectivity index (χ1v) is 4.11. The van der Waals surface area contributed by atoms with Crippen molar-refractivity contribution in [2.24, 2.45) is 11.8 Å². The third kappa shape index (κ3) is 0.678. The summed E-state index contributed by atoms with van der Waals surface area (Å²) >= 11 is 0. The van der Waals surface area contributed by atoms with Gasteiger partial charge in [-0.1, -0.05) is 13.3 Å². The SMILES string of the molecule is CCC1CC2CC1C(=O)N2. The van der Waals surface area contributed by atoms with Crippen LogP contribution in [0.4, 0.5) is 0 Å². The maximum atomic E-state index is 11.1. The molecule has 0 aromatic heterocycles. The topological polar surface area (TPSA) is 29.1 Å². The van der Waals surface area contributed by atoms with Gasteiger partial charge in [0.2, 0.25) is 5.91 Å². The number of hydrogen-bond acceptors (Lipinski definition) is 1. The molecule has 1 saturated carbocycles. The van der Waals surface area contributed by atoms with Crippen LogP contribution in [-0.2, 0) is 4.79 Å². The van der Waals surface area contributed by atoms with Crippen LogP contribution in [0.3, 0.4) is 0 Å². The predicted octanol–water partition coefficient (Wildman–Crippen LogP) is 0.921. The van der Waals surface area contributed by atoms with Crippen LogP contribution in [0.1, 0.15) is 26.2 Å². The van der Waals surface area contributed by atoms with Crippen LogP contribution in [0, 0.1) is 11.8 Å². The van der Waals surface area contributed by atoms with Crippen molar-refractivity contribution in [3.05, 3.63) is 0 Å². The van der Waals surface area contributed by atoms with E-state index >= 15 is 0 Å². The molecule has 0 aromatic carbocycles. The molecule has 0 aromatic rings. The van der Waals surface area contributed by atoms with Gasteiger partial charge in [-0.15, -0.1) is 0 Å². The van der Waals surface area contributed by atoms with Crippen LogP contribution in [-0.4, -0.2) is 11.9 Å². The third-order valence-electron chi connectivity index (χ3n) is 2.90. The monoisotopic (exact) mass is 139 g/mol. The molecule has 2 rings (SSSR count). The van der Waals surface area contributed by atoms with E-state index in [9.17, 15) is 4.79 Å². The fourth-order valence-corrected chi connectivity index (χ4v) is 2.32. The fraction of sp³-hybridized carbons (Fsp3) is 0.875. The van der Waals surface area contributed by atoms with E-state index in [1.165, 1.54) is 12.8 Å². The average molecular weight is 139 g/mol. The standard InChI is InChI=1S/C8H13NO/c1-2-5-3-6-4-7(5)8(10)9-6/h5-7H,2-4H2,1H3,(H,9,10). The van der Waals surface area contributed by atoms with Crippen LogP contribution in [0.25, 0.3) is 0 Å². The Balaban J connectivity index is 2.12. The van der Waals surface area contributed by atoms with Crippen molar-refractivity contribution in [3.63, 3.8) is 0 Å². The van der Waals surface area contributed by atoms with Crippen molar-refractivity contribution in [3.8, 4) is 0 Å². The summed E-state index contributed by atoms with van der Waals surface area (Å²) < 4.78 is 0. The van der Waals surface area contributed by atoms with Crippen molar-refractivity contribution in [2.45, 2.75) is 32.2 Å². The number of nitrogens with one attached hydrogen (secondary N) is 1. The zero-order valence-electron chi connectivity index (χ0n) is 6.26. The van der Waals surface area contributed by atoms with Gasteiger partial charge in [-0.05, 0) is 18.8 Å². The summed E-state index contributed by atoms with van der Waals surface area (Å²) in [6.07, 6.45) is 3.51. The van der Waals surface area contributed by atoms with Crippen LogP contribution in [0.5, 0.6) is 0 Å². The number of fused-ring (bicyclic) bond motifs is 2.